The summed E-state index contributed by atoms with van der Waals surface area (Å²) >= 11 is 12.6. The lowest BCUT2D eigenvalue weighted by atomic mass is 10.3. The summed E-state index contributed by atoms with van der Waals surface area (Å²) in [4.78, 5) is 12.1. The van der Waals surface area contributed by atoms with Crippen molar-refractivity contribution in [1.82, 2.24) is 15.0 Å². The van der Waals surface area contributed by atoms with Crippen molar-refractivity contribution < 1.29 is 8.81 Å². The number of rotatable bonds is 2. The normalized spacial score (nSPS) is 11.1. The van der Waals surface area contributed by atoms with Crippen molar-refractivity contribution in [1.29, 1.82) is 0 Å². The van der Waals surface area contributed by atoms with Gasteiger partial charge in [-0.1, -0.05) is 23.2 Å². The van der Waals surface area contributed by atoms with Gasteiger partial charge in [-0.05, 0) is 12.1 Å². The summed E-state index contributed by atoms with van der Waals surface area (Å²) in [7, 11) is 0. The van der Waals surface area contributed by atoms with E-state index in [1.54, 1.807) is 0 Å². The summed E-state index contributed by atoms with van der Waals surface area (Å²) in [5.41, 5.74) is 0.910. The topological polar surface area (TPSA) is 51.8 Å². The summed E-state index contributed by atoms with van der Waals surface area (Å²) in [6, 6.07) is 5.52. The standard InChI is InChI=1S/C11H4Cl2FN3OS/c12-8-4-9(13)17-10(16-8)19-11-15-6-3-5(14)1-2-7(6)18-11/h1-4H. The first kappa shape index (κ1) is 12.7. The Morgan fingerprint density at radius 1 is 1.05 bits per heavy atom. The van der Waals surface area contributed by atoms with Gasteiger partial charge in [0.15, 0.2) is 10.7 Å². The van der Waals surface area contributed by atoms with Gasteiger partial charge in [0.1, 0.15) is 21.6 Å². The van der Waals surface area contributed by atoms with Crippen LogP contribution in [-0.2, 0) is 0 Å². The number of oxazole rings is 1. The molecule has 0 saturated carbocycles. The minimum absolute atomic E-state index is 0.227. The molecule has 0 saturated heterocycles. The fourth-order valence-corrected chi connectivity index (χ4v) is 2.66. The molecule has 19 heavy (non-hydrogen) atoms. The zero-order chi connectivity index (χ0) is 13.4. The Labute approximate surface area is 121 Å². The summed E-state index contributed by atoms with van der Waals surface area (Å²) < 4.78 is 18.5. The zero-order valence-electron chi connectivity index (χ0n) is 9.10. The van der Waals surface area contributed by atoms with E-state index in [0.29, 0.717) is 21.5 Å². The quantitative estimate of drug-likeness (QED) is 0.523. The summed E-state index contributed by atoms with van der Waals surface area (Å²) in [6.07, 6.45) is 0. The lowest BCUT2D eigenvalue weighted by molar-refractivity contribution is 0.488. The van der Waals surface area contributed by atoms with Crippen molar-refractivity contribution in [3.8, 4) is 0 Å². The van der Waals surface area contributed by atoms with Gasteiger partial charge in [0.05, 0.1) is 0 Å². The maximum Gasteiger partial charge on any atom is 0.264 e. The van der Waals surface area contributed by atoms with Crippen molar-refractivity contribution in [2.24, 2.45) is 0 Å². The van der Waals surface area contributed by atoms with Crippen LogP contribution in [0.4, 0.5) is 4.39 Å². The Balaban J connectivity index is 1.96. The monoisotopic (exact) mass is 315 g/mol. The maximum absolute atomic E-state index is 13.0. The highest BCUT2D eigenvalue weighted by Gasteiger charge is 2.11. The number of benzene rings is 1. The fourth-order valence-electron chi connectivity index (χ4n) is 1.42. The van der Waals surface area contributed by atoms with Crippen LogP contribution in [0.3, 0.4) is 0 Å². The second-order valence-corrected chi connectivity index (χ2v) is 5.18. The van der Waals surface area contributed by atoms with E-state index < -0.39 is 0 Å². The highest BCUT2D eigenvalue weighted by atomic mass is 35.5. The predicted molar refractivity (Wildman–Crippen MR) is 70.1 cm³/mol. The third-order valence-corrected chi connectivity index (χ3v) is 3.25. The lowest BCUT2D eigenvalue weighted by Crippen LogP contribution is -1.87. The van der Waals surface area contributed by atoms with Gasteiger partial charge in [0, 0.05) is 23.9 Å². The van der Waals surface area contributed by atoms with Crippen LogP contribution >= 0.6 is 35.0 Å². The molecular formula is C11H4Cl2FN3OS. The lowest BCUT2D eigenvalue weighted by Gasteiger charge is -1.96. The maximum atomic E-state index is 13.0. The molecule has 2 heterocycles. The molecule has 0 fully saturated rings. The van der Waals surface area contributed by atoms with Crippen molar-refractivity contribution in [3.05, 3.63) is 40.4 Å². The molecule has 2 aromatic heterocycles. The number of hydrogen-bond acceptors (Lipinski definition) is 5. The molecule has 0 N–H and O–H groups in total. The van der Waals surface area contributed by atoms with E-state index >= 15 is 0 Å². The van der Waals surface area contributed by atoms with E-state index in [9.17, 15) is 4.39 Å². The van der Waals surface area contributed by atoms with E-state index in [1.165, 1.54) is 24.3 Å². The highest BCUT2D eigenvalue weighted by molar-refractivity contribution is 7.98. The largest absolute Gasteiger partial charge is 0.431 e. The third kappa shape index (κ3) is 2.80. The van der Waals surface area contributed by atoms with Gasteiger partial charge in [0.2, 0.25) is 0 Å². The van der Waals surface area contributed by atoms with E-state index in [4.69, 9.17) is 27.6 Å². The van der Waals surface area contributed by atoms with Crippen molar-refractivity contribution >= 4 is 46.1 Å². The van der Waals surface area contributed by atoms with E-state index in [0.717, 1.165) is 11.8 Å². The van der Waals surface area contributed by atoms with Crippen LogP contribution < -0.4 is 0 Å². The first-order chi connectivity index (χ1) is 9.10. The second-order valence-electron chi connectivity index (χ2n) is 3.49. The molecule has 0 atom stereocenters. The number of fused-ring (bicyclic) bond motifs is 1. The smallest absolute Gasteiger partial charge is 0.264 e. The zero-order valence-corrected chi connectivity index (χ0v) is 11.4. The van der Waals surface area contributed by atoms with Gasteiger partial charge in [-0.3, -0.25) is 0 Å². The first-order valence-electron chi connectivity index (χ1n) is 5.04. The Kier molecular flexibility index (Phi) is 3.30. The van der Waals surface area contributed by atoms with E-state index in [2.05, 4.69) is 15.0 Å². The molecule has 3 aromatic rings. The number of halogens is 3. The average molecular weight is 316 g/mol. The molecule has 1 aromatic carbocycles. The minimum atomic E-state index is -0.376. The second kappa shape index (κ2) is 4.96. The fraction of sp³-hybridized carbons (Fsp3) is 0. The molecule has 96 valence electrons. The molecular weight excluding hydrogens is 312 g/mol. The van der Waals surface area contributed by atoms with Gasteiger partial charge in [-0.2, -0.15) is 0 Å². The van der Waals surface area contributed by atoms with Crippen LogP contribution in [0.25, 0.3) is 11.1 Å². The molecule has 0 spiro atoms. The Bertz CT molecular complexity index is 745. The Morgan fingerprint density at radius 2 is 1.79 bits per heavy atom. The molecule has 8 heteroatoms. The van der Waals surface area contributed by atoms with E-state index in [1.807, 2.05) is 0 Å². The summed E-state index contributed by atoms with van der Waals surface area (Å²) in [6.45, 7) is 0. The van der Waals surface area contributed by atoms with Crippen LogP contribution in [-0.4, -0.2) is 15.0 Å². The van der Waals surface area contributed by atoms with Crippen LogP contribution in [0.5, 0.6) is 0 Å². The molecule has 0 radical (unpaired) electrons. The average Bonchev–Trinajstić information content (AvgIpc) is 2.68. The van der Waals surface area contributed by atoms with Crippen LogP contribution in [0, 0.1) is 5.82 Å². The number of aromatic nitrogens is 3. The SMILES string of the molecule is Fc1ccc2oc(Sc3nc(Cl)cc(Cl)n3)nc2c1. The van der Waals surface area contributed by atoms with Gasteiger partial charge < -0.3 is 4.42 Å². The molecule has 3 rings (SSSR count). The summed E-state index contributed by atoms with van der Waals surface area (Å²) in [5, 5.41) is 1.05. The van der Waals surface area contributed by atoms with Crippen LogP contribution in [0.15, 0.2) is 39.1 Å². The minimum Gasteiger partial charge on any atom is -0.431 e. The van der Waals surface area contributed by atoms with Gasteiger partial charge >= 0.3 is 0 Å². The van der Waals surface area contributed by atoms with Crippen molar-refractivity contribution in [2.45, 2.75) is 10.4 Å². The van der Waals surface area contributed by atoms with Crippen LogP contribution in [0.1, 0.15) is 0 Å². The molecule has 0 aliphatic heterocycles. The molecule has 0 aliphatic carbocycles. The number of nitrogens with zero attached hydrogens (tertiary/aromatic N) is 3. The van der Waals surface area contributed by atoms with Crippen molar-refractivity contribution in [2.75, 3.05) is 0 Å². The van der Waals surface area contributed by atoms with E-state index in [-0.39, 0.29) is 16.1 Å². The predicted octanol–water partition coefficient (Wildman–Crippen LogP) is 4.21. The van der Waals surface area contributed by atoms with Gasteiger partial charge in [-0.25, -0.2) is 19.3 Å². The molecule has 0 aliphatic rings. The van der Waals surface area contributed by atoms with Gasteiger partial charge in [0.25, 0.3) is 5.22 Å². The van der Waals surface area contributed by atoms with Crippen LogP contribution in [0.2, 0.25) is 10.3 Å². The Hall–Kier alpha value is -1.37. The molecule has 0 unspecified atom stereocenters. The molecule has 0 bridgehead atoms. The third-order valence-electron chi connectivity index (χ3n) is 2.15. The van der Waals surface area contributed by atoms with Gasteiger partial charge in [-0.15, -0.1) is 0 Å². The Morgan fingerprint density at radius 3 is 2.53 bits per heavy atom. The molecule has 4 nitrogen and oxygen atoms in total. The number of hydrogen-bond donors (Lipinski definition) is 0. The van der Waals surface area contributed by atoms with Crippen molar-refractivity contribution in [3.63, 3.8) is 0 Å². The summed E-state index contributed by atoms with van der Waals surface area (Å²) in [5.74, 6) is -0.376. The highest BCUT2D eigenvalue weighted by Crippen LogP contribution is 2.29. The first-order valence-corrected chi connectivity index (χ1v) is 6.61. The molecule has 0 amide bonds.